The Balaban J connectivity index is 1.45. The maximum Gasteiger partial charge on any atom is 0.238 e. The summed E-state index contributed by atoms with van der Waals surface area (Å²) in [6.45, 7) is 6.63. The number of amides is 2. The number of hydrogen-bond acceptors (Lipinski definition) is 7. The van der Waals surface area contributed by atoms with Crippen LogP contribution in [0.3, 0.4) is 0 Å². The Morgan fingerprint density at radius 3 is 2.67 bits per heavy atom. The number of nitrogens with one attached hydrogen (secondary N) is 1. The Kier molecular flexibility index (Phi) is 7.62. The molecule has 1 aromatic heterocycles. The third-order valence-corrected chi connectivity index (χ3v) is 6.12. The Morgan fingerprint density at radius 1 is 1.23 bits per heavy atom. The molecule has 0 bridgehead atoms. The van der Waals surface area contributed by atoms with Crippen molar-refractivity contribution in [2.24, 2.45) is 0 Å². The van der Waals surface area contributed by atoms with Crippen LogP contribution >= 0.6 is 11.8 Å². The molecule has 1 aliphatic heterocycles. The average molecular weight is 433 g/mol. The number of aryl methyl sites for hydroxylation is 1. The van der Waals surface area contributed by atoms with Crippen molar-refractivity contribution in [3.8, 4) is 5.75 Å². The van der Waals surface area contributed by atoms with Crippen LogP contribution in [0.15, 0.2) is 34.9 Å². The largest absolute Gasteiger partial charge is 0.497 e. The lowest BCUT2D eigenvalue weighted by atomic mass is 10.2. The van der Waals surface area contributed by atoms with E-state index in [0.717, 1.165) is 37.5 Å². The summed E-state index contributed by atoms with van der Waals surface area (Å²) in [6.07, 6.45) is 0.907. The topological polar surface area (TPSA) is 87.9 Å². The monoisotopic (exact) mass is 432 g/mol. The van der Waals surface area contributed by atoms with Crippen molar-refractivity contribution >= 4 is 35.1 Å². The van der Waals surface area contributed by atoms with Crippen LogP contribution in [-0.4, -0.2) is 66.2 Å². The lowest BCUT2D eigenvalue weighted by molar-refractivity contribution is -0.128. The van der Waals surface area contributed by atoms with Crippen LogP contribution < -0.4 is 15.0 Å². The second-order valence-corrected chi connectivity index (χ2v) is 8.51. The summed E-state index contributed by atoms with van der Waals surface area (Å²) in [5.74, 6) is 2.00. The molecule has 3 rings (SSSR count). The van der Waals surface area contributed by atoms with Crippen molar-refractivity contribution in [3.05, 3.63) is 36.1 Å². The number of aromatic nitrogens is 1. The molecule has 0 aliphatic carbocycles. The summed E-state index contributed by atoms with van der Waals surface area (Å²) in [6, 6.07) is 9.65. The number of anilines is 2. The van der Waals surface area contributed by atoms with Crippen molar-refractivity contribution in [1.82, 2.24) is 10.1 Å². The van der Waals surface area contributed by atoms with Gasteiger partial charge in [0.05, 0.1) is 18.1 Å². The average Bonchev–Trinajstić information content (AvgIpc) is 3.01. The first-order valence-electron chi connectivity index (χ1n) is 9.99. The molecule has 30 heavy (non-hydrogen) atoms. The zero-order valence-electron chi connectivity index (χ0n) is 17.6. The molecule has 2 aromatic rings. The number of methoxy groups -OCH3 is 1. The van der Waals surface area contributed by atoms with Crippen molar-refractivity contribution in [2.75, 3.05) is 49.3 Å². The van der Waals surface area contributed by atoms with E-state index in [0.29, 0.717) is 18.1 Å². The minimum Gasteiger partial charge on any atom is -0.497 e. The van der Waals surface area contributed by atoms with Gasteiger partial charge in [0.2, 0.25) is 11.8 Å². The van der Waals surface area contributed by atoms with Crippen LogP contribution in [0.4, 0.5) is 11.5 Å². The molecule has 1 aliphatic rings. The lowest BCUT2D eigenvalue weighted by Gasteiger charge is -2.24. The molecule has 8 nitrogen and oxygen atoms in total. The predicted molar refractivity (Wildman–Crippen MR) is 118 cm³/mol. The van der Waals surface area contributed by atoms with Crippen molar-refractivity contribution in [3.63, 3.8) is 0 Å². The minimum atomic E-state index is -0.367. The molecule has 1 atom stereocenters. The van der Waals surface area contributed by atoms with Crippen molar-refractivity contribution < 1.29 is 18.8 Å². The van der Waals surface area contributed by atoms with Gasteiger partial charge in [0.25, 0.3) is 0 Å². The van der Waals surface area contributed by atoms with Crippen LogP contribution in [0.5, 0.6) is 5.75 Å². The van der Waals surface area contributed by atoms with Gasteiger partial charge in [-0.1, -0.05) is 5.16 Å². The van der Waals surface area contributed by atoms with Crippen LogP contribution in [0.2, 0.25) is 0 Å². The standard InChI is InChI=1S/C21H28N4O4S/c1-15-13-19(23-29-15)22-21(27)16(2)30-14-20(26)25-10-4-9-24(11-12-25)17-5-7-18(28-3)8-6-17/h5-8,13,16H,4,9-12,14H2,1-3H3,(H,22,23,27). The van der Waals surface area contributed by atoms with Crippen LogP contribution in [0.1, 0.15) is 19.1 Å². The predicted octanol–water partition coefficient (Wildman–Crippen LogP) is 2.79. The molecule has 1 unspecified atom stereocenters. The summed E-state index contributed by atoms with van der Waals surface area (Å²) in [4.78, 5) is 29.1. The Hall–Kier alpha value is -2.68. The number of nitrogens with zero attached hydrogens (tertiary/aromatic N) is 3. The van der Waals surface area contributed by atoms with E-state index in [1.807, 2.05) is 29.2 Å². The first kappa shape index (κ1) is 22.0. The molecule has 2 amide bonds. The third-order valence-electron chi connectivity index (χ3n) is 4.99. The highest BCUT2D eigenvalue weighted by molar-refractivity contribution is 8.01. The fourth-order valence-electron chi connectivity index (χ4n) is 3.23. The summed E-state index contributed by atoms with van der Waals surface area (Å²) < 4.78 is 10.2. The van der Waals surface area contributed by atoms with Gasteiger partial charge in [-0.15, -0.1) is 11.8 Å². The highest BCUT2D eigenvalue weighted by Crippen LogP contribution is 2.21. The van der Waals surface area contributed by atoms with Crippen LogP contribution in [0, 0.1) is 6.92 Å². The quantitative estimate of drug-likeness (QED) is 0.720. The summed E-state index contributed by atoms with van der Waals surface area (Å²) in [5, 5.41) is 6.09. The summed E-state index contributed by atoms with van der Waals surface area (Å²) >= 11 is 1.33. The number of carbonyl (C=O) groups excluding carboxylic acids is 2. The molecule has 0 saturated carbocycles. The number of ether oxygens (including phenoxy) is 1. The van der Waals surface area contributed by atoms with Gasteiger partial charge in [-0.05, 0) is 44.5 Å². The molecule has 2 heterocycles. The molecule has 0 spiro atoms. The molecule has 1 N–H and O–H groups in total. The van der Waals surface area contributed by atoms with E-state index < -0.39 is 0 Å². The Bertz CT molecular complexity index is 855. The van der Waals surface area contributed by atoms with E-state index in [9.17, 15) is 9.59 Å². The zero-order valence-corrected chi connectivity index (χ0v) is 18.4. The molecule has 1 saturated heterocycles. The molecule has 9 heteroatoms. The van der Waals surface area contributed by atoms with Gasteiger partial charge in [-0.25, -0.2) is 0 Å². The molecule has 162 valence electrons. The Morgan fingerprint density at radius 2 is 2.00 bits per heavy atom. The van der Waals surface area contributed by atoms with Gasteiger partial charge < -0.3 is 24.4 Å². The van der Waals surface area contributed by atoms with Gasteiger partial charge >= 0.3 is 0 Å². The Labute approximate surface area is 180 Å². The van der Waals surface area contributed by atoms with Gasteiger partial charge in [-0.2, -0.15) is 0 Å². The highest BCUT2D eigenvalue weighted by Gasteiger charge is 2.22. The maximum atomic E-state index is 12.7. The lowest BCUT2D eigenvalue weighted by Crippen LogP contribution is -2.37. The minimum absolute atomic E-state index is 0.0634. The van der Waals surface area contributed by atoms with E-state index in [1.165, 1.54) is 11.8 Å². The fourth-order valence-corrected chi connectivity index (χ4v) is 4.02. The molecule has 1 aromatic carbocycles. The number of rotatable bonds is 7. The van der Waals surface area contributed by atoms with Gasteiger partial charge in [0, 0.05) is 37.9 Å². The third kappa shape index (κ3) is 5.91. The van der Waals surface area contributed by atoms with Crippen molar-refractivity contribution in [1.29, 1.82) is 0 Å². The molecular weight excluding hydrogens is 404 g/mol. The summed E-state index contributed by atoms with van der Waals surface area (Å²) in [5.41, 5.74) is 1.13. The van der Waals surface area contributed by atoms with Crippen LogP contribution in [0.25, 0.3) is 0 Å². The smallest absolute Gasteiger partial charge is 0.238 e. The molecule has 1 fully saturated rings. The number of benzene rings is 1. The maximum absolute atomic E-state index is 12.7. The van der Waals surface area contributed by atoms with E-state index in [4.69, 9.17) is 9.26 Å². The first-order chi connectivity index (χ1) is 14.5. The van der Waals surface area contributed by atoms with E-state index in [2.05, 4.69) is 15.4 Å². The fraction of sp³-hybridized carbons (Fsp3) is 0.476. The summed E-state index contributed by atoms with van der Waals surface area (Å²) in [7, 11) is 1.65. The zero-order chi connectivity index (χ0) is 21.5. The number of hydrogen-bond donors (Lipinski definition) is 1. The number of carbonyl (C=O) groups is 2. The van der Waals surface area contributed by atoms with Gasteiger partial charge in [-0.3, -0.25) is 9.59 Å². The first-order valence-corrected chi connectivity index (χ1v) is 11.0. The molecule has 0 radical (unpaired) electrons. The van der Waals surface area contributed by atoms with E-state index in [-0.39, 0.29) is 22.8 Å². The normalized spacial score (nSPS) is 15.4. The second-order valence-electron chi connectivity index (χ2n) is 7.18. The highest BCUT2D eigenvalue weighted by atomic mass is 32.2. The van der Waals surface area contributed by atoms with Gasteiger partial charge in [0.1, 0.15) is 11.5 Å². The van der Waals surface area contributed by atoms with Gasteiger partial charge in [0.15, 0.2) is 5.82 Å². The van der Waals surface area contributed by atoms with E-state index >= 15 is 0 Å². The van der Waals surface area contributed by atoms with Crippen LogP contribution in [-0.2, 0) is 9.59 Å². The SMILES string of the molecule is COc1ccc(N2CCCN(C(=O)CSC(C)C(=O)Nc3cc(C)on3)CC2)cc1. The van der Waals surface area contributed by atoms with Crippen molar-refractivity contribution in [2.45, 2.75) is 25.5 Å². The second kappa shape index (κ2) is 10.4. The molecular formula is C21H28N4O4S. The van der Waals surface area contributed by atoms with E-state index in [1.54, 1.807) is 27.0 Å². The number of thioether (sulfide) groups is 1.